The number of fused-ring (bicyclic) bond motifs is 1. The first-order valence-corrected chi connectivity index (χ1v) is 8.30. The number of para-hydroxylation sites is 1. The van der Waals surface area contributed by atoms with Crippen molar-refractivity contribution in [1.82, 2.24) is 4.90 Å². The summed E-state index contributed by atoms with van der Waals surface area (Å²) >= 11 is 0. The van der Waals surface area contributed by atoms with E-state index in [9.17, 15) is 9.59 Å². The summed E-state index contributed by atoms with van der Waals surface area (Å²) in [6, 6.07) is 5.69. The number of carboxylic acids is 1. The summed E-state index contributed by atoms with van der Waals surface area (Å²) in [4.78, 5) is 25.0. The second-order valence-corrected chi connectivity index (χ2v) is 7.09. The van der Waals surface area contributed by atoms with Gasteiger partial charge in [0.25, 0.3) is 5.91 Å². The molecule has 1 aromatic carbocycles. The molecule has 0 saturated carbocycles. The average molecular weight is 333 g/mol. The molecular formula is C18H23NO5. The van der Waals surface area contributed by atoms with Crippen molar-refractivity contribution in [2.24, 2.45) is 5.92 Å². The van der Waals surface area contributed by atoms with Gasteiger partial charge < -0.3 is 19.5 Å². The molecule has 1 amide bonds. The van der Waals surface area contributed by atoms with Crippen LogP contribution in [-0.2, 0) is 16.0 Å². The maximum Gasteiger partial charge on any atom is 0.308 e. The molecule has 2 aliphatic heterocycles. The van der Waals surface area contributed by atoms with Crippen molar-refractivity contribution in [3.8, 4) is 11.5 Å². The Morgan fingerprint density at radius 3 is 2.96 bits per heavy atom. The standard InChI is InChI=1S/C18H23NO5/c1-18(2)9-12-5-3-7-14(16(12)24-18)23-11-15(20)19-8-4-6-13(10-19)17(21)22/h3,5,7,13H,4,6,8-11H2,1-2H3,(H,21,22)/t13-/m0/s1. The lowest BCUT2D eigenvalue weighted by Crippen LogP contribution is -2.44. The zero-order chi connectivity index (χ0) is 17.3. The number of hydrogen-bond donors (Lipinski definition) is 1. The molecule has 130 valence electrons. The van der Waals surface area contributed by atoms with Gasteiger partial charge >= 0.3 is 5.97 Å². The fourth-order valence-electron chi connectivity index (χ4n) is 3.34. The van der Waals surface area contributed by atoms with Crippen molar-refractivity contribution in [3.63, 3.8) is 0 Å². The summed E-state index contributed by atoms with van der Waals surface area (Å²) in [5.74, 6) is -0.232. The lowest BCUT2D eigenvalue weighted by atomic mass is 9.98. The number of piperidine rings is 1. The van der Waals surface area contributed by atoms with E-state index in [0.29, 0.717) is 30.9 Å². The van der Waals surface area contributed by atoms with Crippen LogP contribution in [0.25, 0.3) is 0 Å². The Bertz CT molecular complexity index is 655. The predicted molar refractivity (Wildman–Crippen MR) is 87.3 cm³/mol. The van der Waals surface area contributed by atoms with Crippen molar-refractivity contribution in [2.45, 2.75) is 38.7 Å². The third-order valence-electron chi connectivity index (χ3n) is 4.53. The average Bonchev–Trinajstić information content (AvgIpc) is 2.87. The molecule has 1 N–H and O–H groups in total. The van der Waals surface area contributed by atoms with Crippen molar-refractivity contribution < 1.29 is 24.2 Å². The minimum absolute atomic E-state index is 0.105. The van der Waals surface area contributed by atoms with E-state index in [4.69, 9.17) is 14.6 Å². The SMILES string of the molecule is CC1(C)Cc2cccc(OCC(=O)N3CCC[C@H](C(=O)O)C3)c2O1. The van der Waals surface area contributed by atoms with Crippen LogP contribution in [0.4, 0.5) is 0 Å². The molecule has 0 bridgehead atoms. The molecule has 0 unspecified atom stereocenters. The number of rotatable bonds is 4. The van der Waals surface area contributed by atoms with Crippen LogP contribution in [0.1, 0.15) is 32.3 Å². The van der Waals surface area contributed by atoms with Gasteiger partial charge in [-0.05, 0) is 32.8 Å². The number of carbonyl (C=O) groups excluding carboxylic acids is 1. The number of carbonyl (C=O) groups is 2. The Balaban J connectivity index is 1.62. The van der Waals surface area contributed by atoms with Crippen LogP contribution < -0.4 is 9.47 Å². The minimum Gasteiger partial charge on any atom is -0.483 e. The molecule has 0 aliphatic carbocycles. The molecule has 0 aromatic heterocycles. The maximum atomic E-state index is 12.3. The molecule has 1 saturated heterocycles. The van der Waals surface area contributed by atoms with Crippen molar-refractivity contribution in [1.29, 1.82) is 0 Å². The molecule has 1 aromatic rings. The van der Waals surface area contributed by atoms with Crippen LogP contribution in [0.15, 0.2) is 18.2 Å². The van der Waals surface area contributed by atoms with Crippen LogP contribution in [0, 0.1) is 5.92 Å². The van der Waals surface area contributed by atoms with Gasteiger partial charge in [0, 0.05) is 25.1 Å². The first-order chi connectivity index (χ1) is 11.4. The monoisotopic (exact) mass is 333 g/mol. The van der Waals surface area contributed by atoms with E-state index in [1.54, 1.807) is 11.0 Å². The van der Waals surface area contributed by atoms with E-state index in [1.165, 1.54) is 0 Å². The molecule has 0 radical (unpaired) electrons. The quantitative estimate of drug-likeness (QED) is 0.913. The number of aliphatic carboxylic acids is 1. The highest BCUT2D eigenvalue weighted by molar-refractivity contribution is 5.79. The van der Waals surface area contributed by atoms with E-state index in [0.717, 1.165) is 12.0 Å². The summed E-state index contributed by atoms with van der Waals surface area (Å²) in [6.45, 7) is 4.77. The molecule has 6 heteroatoms. The number of ether oxygens (including phenoxy) is 2. The molecule has 0 spiro atoms. The van der Waals surface area contributed by atoms with Crippen LogP contribution in [0.3, 0.4) is 0 Å². The zero-order valence-electron chi connectivity index (χ0n) is 14.1. The smallest absolute Gasteiger partial charge is 0.308 e. The van der Waals surface area contributed by atoms with Crippen molar-refractivity contribution >= 4 is 11.9 Å². The van der Waals surface area contributed by atoms with Crippen LogP contribution >= 0.6 is 0 Å². The first-order valence-electron chi connectivity index (χ1n) is 8.30. The van der Waals surface area contributed by atoms with Gasteiger partial charge in [0.2, 0.25) is 0 Å². The van der Waals surface area contributed by atoms with Gasteiger partial charge in [0.05, 0.1) is 5.92 Å². The van der Waals surface area contributed by atoms with Crippen molar-refractivity contribution in [3.05, 3.63) is 23.8 Å². The van der Waals surface area contributed by atoms with E-state index < -0.39 is 11.9 Å². The van der Waals surface area contributed by atoms with E-state index in [1.807, 2.05) is 26.0 Å². The van der Waals surface area contributed by atoms with E-state index in [2.05, 4.69) is 0 Å². The van der Waals surface area contributed by atoms with E-state index in [-0.39, 0.29) is 24.7 Å². The highest BCUT2D eigenvalue weighted by Crippen LogP contribution is 2.41. The van der Waals surface area contributed by atoms with E-state index >= 15 is 0 Å². The Kier molecular flexibility index (Phi) is 4.39. The van der Waals surface area contributed by atoms with Gasteiger partial charge in [0.1, 0.15) is 5.60 Å². The summed E-state index contributed by atoms with van der Waals surface area (Å²) in [5.41, 5.74) is 0.807. The Morgan fingerprint density at radius 1 is 1.42 bits per heavy atom. The van der Waals surface area contributed by atoms with Crippen LogP contribution in [0.2, 0.25) is 0 Å². The lowest BCUT2D eigenvalue weighted by Gasteiger charge is -2.30. The van der Waals surface area contributed by atoms with Crippen molar-refractivity contribution in [2.75, 3.05) is 19.7 Å². The fraction of sp³-hybridized carbons (Fsp3) is 0.556. The summed E-state index contributed by atoms with van der Waals surface area (Å²) in [5, 5.41) is 9.11. The largest absolute Gasteiger partial charge is 0.483 e. The summed E-state index contributed by atoms with van der Waals surface area (Å²) < 4.78 is 11.6. The number of carboxylic acid groups (broad SMARTS) is 1. The van der Waals surface area contributed by atoms with Gasteiger partial charge in [0.15, 0.2) is 18.1 Å². The van der Waals surface area contributed by atoms with Gasteiger partial charge in [-0.1, -0.05) is 12.1 Å². The highest BCUT2D eigenvalue weighted by atomic mass is 16.5. The third-order valence-corrected chi connectivity index (χ3v) is 4.53. The molecule has 3 rings (SSSR count). The van der Waals surface area contributed by atoms with Gasteiger partial charge in [-0.3, -0.25) is 9.59 Å². The molecule has 2 aliphatic rings. The summed E-state index contributed by atoms with van der Waals surface area (Å²) in [6.07, 6.45) is 2.13. The molecule has 1 fully saturated rings. The van der Waals surface area contributed by atoms with Gasteiger partial charge in [-0.15, -0.1) is 0 Å². The number of likely N-dealkylation sites (tertiary alicyclic amines) is 1. The number of nitrogens with zero attached hydrogens (tertiary/aromatic N) is 1. The van der Waals surface area contributed by atoms with Crippen LogP contribution in [-0.4, -0.2) is 47.2 Å². The highest BCUT2D eigenvalue weighted by Gasteiger charge is 2.33. The normalized spacial score (nSPS) is 21.8. The zero-order valence-corrected chi connectivity index (χ0v) is 14.1. The number of benzene rings is 1. The predicted octanol–water partition coefficient (Wildman–Crippen LogP) is 2.10. The van der Waals surface area contributed by atoms with Crippen LogP contribution in [0.5, 0.6) is 11.5 Å². The fourth-order valence-corrected chi connectivity index (χ4v) is 3.34. The lowest BCUT2D eigenvalue weighted by molar-refractivity contribution is -0.146. The Labute approximate surface area is 141 Å². The Hall–Kier alpha value is -2.24. The second-order valence-electron chi connectivity index (χ2n) is 7.09. The van der Waals surface area contributed by atoms with Gasteiger partial charge in [-0.2, -0.15) is 0 Å². The minimum atomic E-state index is -0.843. The third kappa shape index (κ3) is 3.47. The molecule has 24 heavy (non-hydrogen) atoms. The molecular weight excluding hydrogens is 310 g/mol. The second kappa shape index (κ2) is 6.34. The number of hydrogen-bond acceptors (Lipinski definition) is 4. The first kappa shape index (κ1) is 16.6. The number of amides is 1. The molecule has 1 atom stereocenters. The maximum absolute atomic E-state index is 12.3. The Morgan fingerprint density at radius 2 is 2.21 bits per heavy atom. The topological polar surface area (TPSA) is 76.1 Å². The van der Waals surface area contributed by atoms with Gasteiger partial charge in [-0.25, -0.2) is 0 Å². The molecule has 2 heterocycles. The summed E-state index contributed by atoms with van der Waals surface area (Å²) in [7, 11) is 0. The molecule has 6 nitrogen and oxygen atoms in total.